The quantitative estimate of drug-likeness (QED) is 0.750. The Balaban J connectivity index is 1.38. The van der Waals surface area contributed by atoms with Crippen molar-refractivity contribution in [2.45, 2.75) is 32.0 Å². The number of ether oxygens (including phenoxy) is 1. The molecule has 1 N–H and O–H groups in total. The zero-order chi connectivity index (χ0) is 18.2. The predicted octanol–water partition coefficient (Wildman–Crippen LogP) is 3.15. The number of aliphatic hydroxyl groups excluding tert-OH is 1. The maximum atomic E-state index is 10.2. The zero-order valence-electron chi connectivity index (χ0n) is 15.7. The normalized spacial score (nSPS) is 16.1. The van der Waals surface area contributed by atoms with Crippen molar-refractivity contribution in [2.75, 3.05) is 33.3 Å². The van der Waals surface area contributed by atoms with Gasteiger partial charge in [0.2, 0.25) is 0 Å². The van der Waals surface area contributed by atoms with Crippen molar-refractivity contribution in [2.24, 2.45) is 0 Å². The summed E-state index contributed by atoms with van der Waals surface area (Å²) in [5.41, 5.74) is 2.57. The Morgan fingerprint density at radius 3 is 2.38 bits per heavy atom. The standard InChI is InChI=1S/C22H30N2O2/c1-23(15-19-7-3-2-4-8-19)17-21(25)18-26-22-11-9-20(10-12-22)16-24-13-5-6-14-24/h2-4,7-12,21,25H,5-6,13-18H2,1H3. The van der Waals surface area contributed by atoms with Gasteiger partial charge in [0.15, 0.2) is 0 Å². The number of likely N-dealkylation sites (tertiary alicyclic amines) is 1. The van der Waals surface area contributed by atoms with Crippen LogP contribution in [0, 0.1) is 0 Å². The van der Waals surface area contributed by atoms with Crippen LogP contribution in [0.2, 0.25) is 0 Å². The lowest BCUT2D eigenvalue weighted by atomic mass is 10.2. The highest BCUT2D eigenvalue weighted by molar-refractivity contribution is 5.27. The topological polar surface area (TPSA) is 35.9 Å². The Morgan fingerprint density at radius 1 is 1.00 bits per heavy atom. The molecule has 2 aromatic rings. The molecule has 140 valence electrons. The van der Waals surface area contributed by atoms with Gasteiger partial charge in [0.05, 0.1) is 0 Å². The van der Waals surface area contributed by atoms with Gasteiger partial charge >= 0.3 is 0 Å². The van der Waals surface area contributed by atoms with E-state index in [9.17, 15) is 5.11 Å². The molecule has 0 aromatic heterocycles. The number of aliphatic hydroxyl groups is 1. The molecule has 1 heterocycles. The van der Waals surface area contributed by atoms with Crippen molar-refractivity contribution < 1.29 is 9.84 Å². The molecule has 1 unspecified atom stereocenters. The van der Waals surface area contributed by atoms with Crippen molar-refractivity contribution in [3.8, 4) is 5.75 Å². The number of hydrogen-bond donors (Lipinski definition) is 1. The van der Waals surface area contributed by atoms with Gasteiger partial charge in [-0.1, -0.05) is 42.5 Å². The van der Waals surface area contributed by atoms with Crippen LogP contribution in [0.15, 0.2) is 54.6 Å². The van der Waals surface area contributed by atoms with Gasteiger partial charge in [-0.05, 0) is 56.2 Å². The summed E-state index contributed by atoms with van der Waals surface area (Å²) in [6.07, 6.45) is 2.13. The van der Waals surface area contributed by atoms with E-state index in [1.54, 1.807) is 0 Å². The summed E-state index contributed by atoms with van der Waals surface area (Å²) in [4.78, 5) is 4.60. The lowest BCUT2D eigenvalue weighted by Gasteiger charge is -2.21. The molecule has 4 heteroatoms. The number of hydrogen-bond acceptors (Lipinski definition) is 4. The minimum Gasteiger partial charge on any atom is -0.491 e. The molecule has 1 atom stereocenters. The minimum atomic E-state index is -0.506. The number of rotatable bonds is 9. The first-order valence-corrected chi connectivity index (χ1v) is 9.54. The van der Waals surface area contributed by atoms with Crippen LogP contribution in [0.3, 0.4) is 0 Å². The molecule has 3 rings (SSSR count). The fourth-order valence-corrected chi connectivity index (χ4v) is 3.45. The molecular weight excluding hydrogens is 324 g/mol. The van der Waals surface area contributed by atoms with Gasteiger partial charge in [-0.15, -0.1) is 0 Å². The van der Waals surface area contributed by atoms with Crippen LogP contribution in [-0.4, -0.2) is 54.3 Å². The summed E-state index contributed by atoms with van der Waals surface area (Å²) < 4.78 is 5.75. The summed E-state index contributed by atoms with van der Waals surface area (Å²) in [6, 6.07) is 18.6. The SMILES string of the molecule is CN(Cc1ccccc1)CC(O)COc1ccc(CN2CCCC2)cc1. The first kappa shape index (κ1) is 18.9. The monoisotopic (exact) mass is 354 g/mol. The van der Waals surface area contributed by atoms with Gasteiger partial charge in [0.25, 0.3) is 0 Å². The molecule has 0 saturated carbocycles. The maximum Gasteiger partial charge on any atom is 0.119 e. The molecule has 2 aromatic carbocycles. The van der Waals surface area contributed by atoms with Crippen molar-refractivity contribution in [1.29, 1.82) is 0 Å². The molecule has 1 saturated heterocycles. The molecule has 1 aliphatic heterocycles. The lowest BCUT2D eigenvalue weighted by Crippen LogP contribution is -2.32. The van der Waals surface area contributed by atoms with Gasteiger partial charge in [0, 0.05) is 19.6 Å². The molecule has 0 radical (unpaired) electrons. The first-order valence-electron chi connectivity index (χ1n) is 9.54. The average Bonchev–Trinajstić information content (AvgIpc) is 3.15. The molecule has 1 aliphatic rings. The molecule has 0 bridgehead atoms. The number of benzene rings is 2. The van der Waals surface area contributed by atoms with Crippen LogP contribution in [0.4, 0.5) is 0 Å². The molecule has 0 spiro atoms. The average molecular weight is 354 g/mol. The van der Waals surface area contributed by atoms with E-state index in [2.05, 4.69) is 34.1 Å². The lowest BCUT2D eigenvalue weighted by molar-refractivity contribution is 0.0744. The van der Waals surface area contributed by atoms with E-state index in [-0.39, 0.29) is 0 Å². The third-order valence-electron chi connectivity index (χ3n) is 4.79. The van der Waals surface area contributed by atoms with Gasteiger partial charge in [0.1, 0.15) is 18.5 Å². The van der Waals surface area contributed by atoms with Crippen molar-refractivity contribution in [1.82, 2.24) is 9.80 Å². The molecule has 0 aliphatic carbocycles. The third-order valence-corrected chi connectivity index (χ3v) is 4.79. The Hall–Kier alpha value is -1.88. The highest BCUT2D eigenvalue weighted by atomic mass is 16.5. The predicted molar refractivity (Wildman–Crippen MR) is 105 cm³/mol. The van der Waals surface area contributed by atoms with Crippen LogP contribution in [0.1, 0.15) is 24.0 Å². The van der Waals surface area contributed by atoms with E-state index < -0.39 is 6.10 Å². The summed E-state index contributed by atoms with van der Waals surface area (Å²) in [6.45, 7) is 5.16. The summed E-state index contributed by atoms with van der Waals surface area (Å²) in [5.74, 6) is 0.819. The molecule has 26 heavy (non-hydrogen) atoms. The Bertz CT molecular complexity index is 639. The largest absolute Gasteiger partial charge is 0.491 e. The summed E-state index contributed by atoms with van der Waals surface area (Å²) in [5, 5.41) is 10.2. The van der Waals surface area contributed by atoms with Gasteiger partial charge in [-0.25, -0.2) is 0 Å². The third kappa shape index (κ3) is 6.13. The van der Waals surface area contributed by atoms with Crippen LogP contribution in [-0.2, 0) is 13.1 Å². The van der Waals surface area contributed by atoms with Crippen LogP contribution in [0.25, 0.3) is 0 Å². The first-order chi connectivity index (χ1) is 12.7. The Kier molecular flexibility index (Phi) is 7.06. The number of likely N-dealkylation sites (N-methyl/N-ethyl adjacent to an activating group) is 1. The van der Waals surface area contributed by atoms with Gasteiger partial charge in [-0.2, -0.15) is 0 Å². The van der Waals surface area contributed by atoms with Crippen molar-refractivity contribution in [3.05, 3.63) is 65.7 Å². The van der Waals surface area contributed by atoms with E-state index in [1.165, 1.54) is 37.1 Å². The Labute approximate surface area is 157 Å². The van der Waals surface area contributed by atoms with Crippen molar-refractivity contribution in [3.63, 3.8) is 0 Å². The summed E-state index contributed by atoms with van der Waals surface area (Å²) in [7, 11) is 2.02. The highest BCUT2D eigenvalue weighted by Crippen LogP contribution is 2.16. The Morgan fingerprint density at radius 2 is 1.69 bits per heavy atom. The van der Waals surface area contributed by atoms with Crippen LogP contribution in [0.5, 0.6) is 5.75 Å². The molecule has 1 fully saturated rings. The zero-order valence-corrected chi connectivity index (χ0v) is 15.7. The summed E-state index contributed by atoms with van der Waals surface area (Å²) >= 11 is 0. The maximum absolute atomic E-state index is 10.2. The molecule has 0 amide bonds. The molecular formula is C22H30N2O2. The fraction of sp³-hybridized carbons (Fsp3) is 0.455. The van der Waals surface area contributed by atoms with Gasteiger partial charge in [-0.3, -0.25) is 9.80 Å². The second kappa shape index (κ2) is 9.72. The van der Waals surface area contributed by atoms with E-state index >= 15 is 0 Å². The van der Waals surface area contributed by atoms with E-state index in [1.807, 2.05) is 37.4 Å². The van der Waals surface area contributed by atoms with Crippen molar-refractivity contribution >= 4 is 0 Å². The second-order valence-corrected chi connectivity index (χ2v) is 7.27. The van der Waals surface area contributed by atoms with Gasteiger partial charge < -0.3 is 9.84 Å². The van der Waals surface area contributed by atoms with Crippen LogP contribution >= 0.6 is 0 Å². The highest BCUT2D eigenvalue weighted by Gasteiger charge is 2.12. The van der Waals surface area contributed by atoms with E-state index in [0.29, 0.717) is 13.2 Å². The fourth-order valence-electron chi connectivity index (χ4n) is 3.45. The second-order valence-electron chi connectivity index (χ2n) is 7.27. The minimum absolute atomic E-state index is 0.310. The smallest absolute Gasteiger partial charge is 0.119 e. The molecule has 4 nitrogen and oxygen atoms in total. The number of nitrogens with zero attached hydrogens (tertiary/aromatic N) is 2. The van der Waals surface area contributed by atoms with E-state index in [0.717, 1.165) is 18.8 Å². The van der Waals surface area contributed by atoms with E-state index in [4.69, 9.17) is 4.74 Å². The van der Waals surface area contributed by atoms with Crippen LogP contribution < -0.4 is 4.74 Å².